The molecule has 0 aromatic carbocycles. The lowest BCUT2D eigenvalue weighted by Crippen LogP contribution is -2.35. The van der Waals surface area contributed by atoms with Crippen molar-refractivity contribution in [3.05, 3.63) is 11.8 Å². The first-order chi connectivity index (χ1) is 9.60. The molecule has 1 heterocycles. The minimum atomic E-state index is 0.486. The molecule has 1 aliphatic rings. The molecule has 0 radical (unpaired) electrons. The molecule has 4 nitrogen and oxygen atoms in total. The summed E-state index contributed by atoms with van der Waals surface area (Å²) in [5, 5.41) is 3.55. The van der Waals surface area contributed by atoms with Gasteiger partial charge < -0.3 is 10.1 Å². The lowest BCUT2D eigenvalue weighted by molar-refractivity contribution is 0.252. The Balaban J connectivity index is 2.11. The van der Waals surface area contributed by atoms with Gasteiger partial charge in [0.2, 0.25) is 11.8 Å². The molecule has 112 valence electrons. The van der Waals surface area contributed by atoms with Gasteiger partial charge in [0, 0.05) is 17.8 Å². The zero-order chi connectivity index (χ0) is 14.5. The molecule has 0 bridgehead atoms. The van der Waals surface area contributed by atoms with Crippen LogP contribution in [0.1, 0.15) is 52.1 Å². The first-order valence-electron chi connectivity index (χ1n) is 7.85. The molecule has 1 fully saturated rings. The van der Waals surface area contributed by atoms with Crippen molar-refractivity contribution in [1.29, 1.82) is 0 Å². The average molecular weight is 277 g/mol. The highest BCUT2D eigenvalue weighted by atomic mass is 16.5. The Morgan fingerprint density at radius 2 is 2.05 bits per heavy atom. The molecule has 20 heavy (non-hydrogen) atoms. The van der Waals surface area contributed by atoms with Gasteiger partial charge in [-0.1, -0.05) is 26.7 Å². The summed E-state index contributed by atoms with van der Waals surface area (Å²) in [6.45, 7) is 9.21. The maximum Gasteiger partial charge on any atom is 0.226 e. The summed E-state index contributed by atoms with van der Waals surface area (Å²) in [5.41, 5.74) is 0.947. The van der Waals surface area contributed by atoms with E-state index >= 15 is 0 Å². The molecule has 1 saturated carbocycles. The summed E-state index contributed by atoms with van der Waals surface area (Å²) in [6.07, 6.45) is 5.16. The number of rotatable bonds is 5. The van der Waals surface area contributed by atoms with Crippen LogP contribution in [0.5, 0.6) is 5.88 Å². The Bertz CT molecular complexity index is 434. The van der Waals surface area contributed by atoms with Gasteiger partial charge in [0.05, 0.1) is 6.61 Å². The van der Waals surface area contributed by atoms with Crippen molar-refractivity contribution < 1.29 is 4.74 Å². The van der Waals surface area contributed by atoms with Crippen molar-refractivity contribution in [2.24, 2.45) is 11.8 Å². The smallest absolute Gasteiger partial charge is 0.226 e. The molecule has 0 saturated heterocycles. The normalized spacial score (nSPS) is 22.9. The topological polar surface area (TPSA) is 47.0 Å². The van der Waals surface area contributed by atoms with E-state index in [1.807, 2.05) is 19.9 Å². The molecule has 2 rings (SSSR count). The summed E-state index contributed by atoms with van der Waals surface area (Å²) in [7, 11) is 0. The van der Waals surface area contributed by atoms with Gasteiger partial charge in [0.25, 0.3) is 0 Å². The predicted molar refractivity (Wildman–Crippen MR) is 82.1 cm³/mol. The number of nitrogens with one attached hydrogen (secondary N) is 1. The molecule has 0 amide bonds. The standard InChI is InChI=1S/C16H27N3O/c1-5-20-15-10-12(4)17-16(19-15)18-14-9-7-6-8-13(14)11(2)3/h10-11,13-14H,5-9H2,1-4H3,(H,17,18,19). The minimum absolute atomic E-state index is 0.486. The van der Waals surface area contributed by atoms with Gasteiger partial charge in [-0.2, -0.15) is 4.98 Å². The molecule has 0 spiro atoms. The van der Waals surface area contributed by atoms with Gasteiger partial charge in [0.15, 0.2) is 0 Å². The fourth-order valence-electron chi connectivity index (χ4n) is 3.13. The van der Waals surface area contributed by atoms with Crippen LogP contribution in [0.15, 0.2) is 6.07 Å². The van der Waals surface area contributed by atoms with E-state index in [4.69, 9.17) is 4.74 Å². The number of anilines is 1. The van der Waals surface area contributed by atoms with E-state index in [1.54, 1.807) is 0 Å². The van der Waals surface area contributed by atoms with Crippen molar-refractivity contribution in [3.8, 4) is 5.88 Å². The van der Waals surface area contributed by atoms with E-state index in [-0.39, 0.29) is 0 Å². The summed E-state index contributed by atoms with van der Waals surface area (Å²) >= 11 is 0. The summed E-state index contributed by atoms with van der Waals surface area (Å²) in [4.78, 5) is 8.97. The van der Waals surface area contributed by atoms with Gasteiger partial charge in [-0.25, -0.2) is 4.98 Å². The van der Waals surface area contributed by atoms with Crippen LogP contribution < -0.4 is 10.1 Å². The fraction of sp³-hybridized carbons (Fsp3) is 0.750. The van der Waals surface area contributed by atoms with Crippen LogP contribution in [-0.2, 0) is 0 Å². The van der Waals surface area contributed by atoms with E-state index in [1.165, 1.54) is 25.7 Å². The molecule has 2 atom stereocenters. The number of aryl methyl sites for hydroxylation is 1. The maximum atomic E-state index is 5.50. The number of hydrogen-bond donors (Lipinski definition) is 1. The molecular weight excluding hydrogens is 250 g/mol. The Morgan fingerprint density at radius 3 is 2.75 bits per heavy atom. The number of nitrogens with zero attached hydrogens (tertiary/aromatic N) is 2. The molecule has 1 aliphatic carbocycles. The Morgan fingerprint density at radius 1 is 1.30 bits per heavy atom. The Kier molecular flexibility index (Phi) is 5.21. The monoisotopic (exact) mass is 277 g/mol. The van der Waals surface area contributed by atoms with Crippen LogP contribution in [0.2, 0.25) is 0 Å². The molecule has 0 aliphatic heterocycles. The second-order valence-electron chi connectivity index (χ2n) is 6.05. The summed E-state index contributed by atoms with van der Waals surface area (Å²) in [6, 6.07) is 2.37. The van der Waals surface area contributed by atoms with E-state index in [0.29, 0.717) is 36.3 Å². The molecule has 1 aromatic heterocycles. The maximum absolute atomic E-state index is 5.50. The van der Waals surface area contributed by atoms with Gasteiger partial charge in [-0.05, 0) is 38.5 Å². The second-order valence-corrected chi connectivity index (χ2v) is 6.05. The van der Waals surface area contributed by atoms with Crippen LogP contribution in [0.4, 0.5) is 5.95 Å². The second kappa shape index (κ2) is 6.91. The van der Waals surface area contributed by atoms with E-state index in [9.17, 15) is 0 Å². The summed E-state index contributed by atoms with van der Waals surface area (Å²) in [5.74, 6) is 2.79. The number of ether oxygens (including phenoxy) is 1. The van der Waals surface area contributed by atoms with E-state index in [0.717, 1.165) is 5.69 Å². The highest BCUT2D eigenvalue weighted by Gasteiger charge is 2.28. The highest BCUT2D eigenvalue weighted by molar-refractivity contribution is 5.32. The lowest BCUT2D eigenvalue weighted by Gasteiger charge is -2.34. The number of hydrogen-bond acceptors (Lipinski definition) is 4. The molecule has 1 N–H and O–H groups in total. The van der Waals surface area contributed by atoms with Crippen molar-refractivity contribution in [3.63, 3.8) is 0 Å². The predicted octanol–water partition coefficient (Wildman–Crippen LogP) is 3.81. The van der Waals surface area contributed by atoms with Crippen molar-refractivity contribution in [2.45, 2.75) is 59.4 Å². The van der Waals surface area contributed by atoms with Crippen LogP contribution >= 0.6 is 0 Å². The highest BCUT2D eigenvalue weighted by Crippen LogP contribution is 2.32. The van der Waals surface area contributed by atoms with Gasteiger partial charge in [-0.15, -0.1) is 0 Å². The van der Waals surface area contributed by atoms with Crippen molar-refractivity contribution >= 4 is 5.95 Å². The SMILES string of the molecule is CCOc1cc(C)nc(NC2CCCCC2C(C)C)n1. The lowest BCUT2D eigenvalue weighted by atomic mass is 9.78. The zero-order valence-electron chi connectivity index (χ0n) is 13.1. The minimum Gasteiger partial charge on any atom is -0.478 e. The quantitative estimate of drug-likeness (QED) is 0.889. The van der Waals surface area contributed by atoms with Crippen LogP contribution in [0.25, 0.3) is 0 Å². The third kappa shape index (κ3) is 3.84. The summed E-state index contributed by atoms with van der Waals surface area (Å²) < 4.78 is 5.50. The fourth-order valence-corrected chi connectivity index (χ4v) is 3.13. The first-order valence-corrected chi connectivity index (χ1v) is 7.85. The third-order valence-corrected chi connectivity index (χ3v) is 4.11. The van der Waals surface area contributed by atoms with Gasteiger partial charge >= 0.3 is 0 Å². The van der Waals surface area contributed by atoms with E-state index < -0.39 is 0 Å². The molecule has 2 unspecified atom stereocenters. The van der Waals surface area contributed by atoms with Gasteiger partial charge in [0.1, 0.15) is 0 Å². The van der Waals surface area contributed by atoms with Crippen molar-refractivity contribution in [2.75, 3.05) is 11.9 Å². The largest absolute Gasteiger partial charge is 0.478 e. The first kappa shape index (κ1) is 15.1. The van der Waals surface area contributed by atoms with Crippen LogP contribution in [-0.4, -0.2) is 22.6 Å². The third-order valence-electron chi connectivity index (χ3n) is 4.11. The Labute approximate surface area is 122 Å². The van der Waals surface area contributed by atoms with Crippen molar-refractivity contribution in [1.82, 2.24) is 9.97 Å². The molecular formula is C16H27N3O. The molecule has 4 heteroatoms. The Hall–Kier alpha value is -1.32. The number of aromatic nitrogens is 2. The van der Waals surface area contributed by atoms with Gasteiger partial charge in [-0.3, -0.25) is 0 Å². The van der Waals surface area contributed by atoms with Crippen LogP contribution in [0, 0.1) is 18.8 Å². The average Bonchev–Trinajstić information content (AvgIpc) is 2.38. The zero-order valence-corrected chi connectivity index (χ0v) is 13.1. The molecule has 1 aromatic rings. The van der Waals surface area contributed by atoms with E-state index in [2.05, 4.69) is 29.1 Å². The van der Waals surface area contributed by atoms with Crippen LogP contribution in [0.3, 0.4) is 0 Å².